The van der Waals surface area contributed by atoms with Crippen molar-refractivity contribution in [1.29, 1.82) is 0 Å². The third-order valence-electron chi connectivity index (χ3n) is 4.89. The molecule has 1 unspecified atom stereocenters. The monoisotopic (exact) mass is 297 g/mol. The zero-order valence-electron chi connectivity index (χ0n) is 12.5. The molecule has 2 nitrogen and oxygen atoms in total. The minimum Gasteiger partial charge on any atom is -0.362 e. The number of halogens is 1. The molecule has 114 valence electrons. The first-order valence-corrected chi connectivity index (χ1v) is 7.99. The normalized spacial score (nSPS) is 22.7. The summed E-state index contributed by atoms with van der Waals surface area (Å²) in [6.45, 7) is 1.97. The zero-order valence-corrected chi connectivity index (χ0v) is 12.5. The van der Waals surface area contributed by atoms with E-state index in [1.807, 2.05) is 6.07 Å². The van der Waals surface area contributed by atoms with E-state index in [0.717, 1.165) is 37.9 Å². The lowest BCUT2D eigenvalue weighted by Crippen LogP contribution is -2.39. The van der Waals surface area contributed by atoms with E-state index in [-0.39, 0.29) is 17.5 Å². The fraction of sp³-hybridized carbons (Fsp3) is 0.368. The Labute approximate surface area is 130 Å². The standard InChI is InChI=1S/C19H20FNO/c20-15-5-3-4-14(12-15)13-18-16-6-1-2-7-17(16)19(22-18)8-10-21-11-9-19/h1-7,12,18,21H,8-11,13H2. The molecule has 4 rings (SSSR count). The van der Waals surface area contributed by atoms with Crippen molar-refractivity contribution >= 4 is 0 Å². The van der Waals surface area contributed by atoms with Gasteiger partial charge >= 0.3 is 0 Å². The molecule has 2 heterocycles. The fourth-order valence-electron chi connectivity index (χ4n) is 3.84. The van der Waals surface area contributed by atoms with Gasteiger partial charge in [-0.3, -0.25) is 0 Å². The van der Waals surface area contributed by atoms with Crippen LogP contribution in [-0.2, 0) is 16.8 Å². The van der Waals surface area contributed by atoms with E-state index >= 15 is 0 Å². The average Bonchev–Trinajstić information content (AvgIpc) is 2.82. The second-order valence-electron chi connectivity index (χ2n) is 6.27. The van der Waals surface area contributed by atoms with Crippen molar-refractivity contribution in [3.05, 3.63) is 71.0 Å². The number of hydrogen-bond donors (Lipinski definition) is 1. The number of hydrogen-bond acceptors (Lipinski definition) is 2. The predicted molar refractivity (Wildman–Crippen MR) is 84.2 cm³/mol. The van der Waals surface area contributed by atoms with Gasteiger partial charge in [-0.25, -0.2) is 4.39 Å². The third kappa shape index (κ3) is 2.34. The van der Waals surface area contributed by atoms with Crippen LogP contribution < -0.4 is 5.32 Å². The molecular weight excluding hydrogens is 277 g/mol. The van der Waals surface area contributed by atoms with Crippen LogP contribution in [-0.4, -0.2) is 13.1 Å². The summed E-state index contributed by atoms with van der Waals surface area (Å²) in [4.78, 5) is 0. The quantitative estimate of drug-likeness (QED) is 0.912. The Balaban J connectivity index is 1.67. The number of piperidine rings is 1. The Morgan fingerprint density at radius 3 is 2.73 bits per heavy atom. The lowest BCUT2D eigenvalue weighted by Gasteiger charge is -2.34. The van der Waals surface area contributed by atoms with Gasteiger partial charge in [-0.1, -0.05) is 36.4 Å². The van der Waals surface area contributed by atoms with E-state index in [1.165, 1.54) is 17.2 Å². The lowest BCUT2D eigenvalue weighted by molar-refractivity contribution is -0.0938. The maximum absolute atomic E-state index is 13.4. The van der Waals surface area contributed by atoms with Crippen LogP contribution in [0, 0.1) is 5.82 Å². The largest absolute Gasteiger partial charge is 0.362 e. The van der Waals surface area contributed by atoms with Gasteiger partial charge in [-0.2, -0.15) is 0 Å². The summed E-state index contributed by atoms with van der Waals surface area (Å²) in [5.41, 5.74) is 3.44. The molecule has 22 heavy (non-hydrogen) atoms. The molecular formula is C19H20FNO. The van der Waals surface area contributed by atoms with Gasteiger partial charge in [-0.15, -0.1) is 0 Å². The van der Waals surface area contributed by atoms with Crippen molar-refractivity contribution in [2.75, 3.05) is 13.1 Å². The summed E-state index contributed by atoms with van der Waals surface area (Å²) in [7, 11) is 0. The maximum Gasteiger partial charge on any atom is 0.123 e. The third-order valence-corrected chi connectivity index (χ3v) is 4.89. The van der Waals surface area contributed by atoms with Crippen molar-refractivity contribution < 1.29 is 9.13 Å². The van der Waals surface area contributed by atoms with Crippen LogP contribution in [0.1, 0.15) is 35.6 Å². The topological polar surface area (TPSA) is 21.3 Å². The van der Waals surface area contributed by atoms with E-state index in [4.69, 9.17) is 4.74 Å². The number of nitrogens with one attached hydrogen (secondary N) is 1. The van der Waals surface area contributed by atoms with Crippen LogP contribution in [0.2, 0.25) is 0 Å². The van der Waals surface area contributed by atoms with Crippen LogP contribution in [0.3, 0.4) is 0 Å². The number of benzene rings is 2. The fourth-order valence-corrected chi connectivity index (χ4v) is 3.84. The van der Waals surface area contributed by atoms with E-state index in [0.29, 0.717) is 0 Å². The van der Waals surface area contributed by atoms with Crippen molar-refractivity contribution in [3.63, 3.8) is 0 Å². The van der Waals surface area contributed by atoms with Crippen LogP contribution in [0.4, 0.5) is 4.39 Å². The number of fused-ring (bicyclic) bond motifs is 2. The van der Waals surface area contributed by atoms with Crippen molar-refractivity contribution in [3.8, 4) is 0 Å². The Morgan fingerprint density at radius 1 is 1.09 bits per heavy atom. The highest BCUT2D eigenvalue weighted by Crippen LogP contribution is 2.49. The Hall–Kier alpha value is -1.71. The summed E-state index contributed by atoms with van der Waals surface area (Å²) < 4.78 is 20.0. The van der Waals surface area contributed by atoms with E-state index < -0.39 is 0 Å². The summed E-state index contributed by atoms with van der Waals surface area (Å²) in [5.74, 6) is -0.180. The molecule has 0 saturated carbocycles. The van der Waals surface area contributed by atoms with Crippen LogP contribution >= 0.6 is 0 Å². The first kappa shape index (κ1) is 13.9. The number of ether oxygens (including phenoxy) is 1. The highest BCUT2D eigenvalue weighted by molar-refractivity contribution is 5.39. The molecule has 2 aliphatic heterocycles. The molecule has 1 saturated heterocycles. The minimum absolute atomic E-state index is 0.0242. The molecule has 2 aromatic carbocycles. The van der Waals surface area contributed by atoms with Crippen LogP contribution in [0.25, 0.3) is 0 Å². The zero-order chi connectivity index (χ0) is 15.0. The first-order valence-electron chi connectivity index (χ1n) is 7.99. The molecule has 3 heteroatoms. The van der Waals surface area contributed by atoms with E-state index in [9.17, 15) is 4.39 Å². The maximum atomic E-state index is 13.4. The number of rotatable bonds is 2. The summed E-state index contributed by atoms with van der Waals surface area (Å²) in [6, 6.07) is 15.4. The molecule has 2 aromatic rings. The molecule has 1 N–H and O–H groups in total. The molecule has 0 bridgehead atoms. The van der Waals surface area contributed by atoms with Crippen LogP contribution in [0.5, 0.6) is 0 Å². The van der Waals surface area contributed by atoms with Crippen LogP contribution in [0.15, 0.2) is 48.5 Å². The minimum atomic E-state index is -0.180. The first-order chi connectivity index (χ1) is 10.8. The van der Waals surface area contributed by atoms with Gasteiger partial charge in [0.1, 0.15) is 5.82 Å². The van der Waals surface area contributed by atoms with Gasteiger partial charge in [0.2, 0.25) is 0 Å². The Kier molecular flexibility index (Phi) is 3.47. The second-order valence-corrected chi connectivity index (χ2v) is 6.27. The molecule has 0 radical (unpaired) electrons. The molecule has 0 aliphatic carbocycles. The smallest absolute Gasteiger partial charge is 0.123 e. The van der Waals surface area contributed by atoms with Gasteiger partial charge in [-0.05, 0) is 54.8 Å². The molecule has 2 aliphatic rings. The Morgan fingerprint density at radius 2 is 1.91 bits per heavy atom. The molecule has 0 aromatic heterocycles. The molecule has 1 atom stereocenters. The van der Waals surface area contributed by atoms with Gasteiger partial charge in [0, 0.05) is 6.42 Å². The second kappa shape index (κ2) is 5.49. The van der Waals surface area contributed by atoms with Gasteiger partial charge in [0.05, 0.1) is 11.7 Å². The van der Waals surface area contributed by atoms with Gasteiger partial charge in [0.15, 0.2) is 0 Å². The predicted octanol–water partition coefficient (Wildman–Crippen LogP) is 3.72. The van der Waals surface area contributed by atoms with Crippen molar-refractivity contribution in [2.24, 2.45) is 0 Å². The van der Waals surface area contributed by atoms with Crippen molar-refractivity contribution in [2.45, 2.75) is 31.0 Å². The molecule has 0 amide bonds. The van der Waals surface area contributed by atoms with E-state index in [2.05, 4.69) is 29.6 Å². The van der Waals surface area contributed by atoms with Crippen molar-refractivity contribution in [1.82, 2.24) is 5.32 Å². The Bertz CT molecular complexity index is 679. The highest BCUT2D eigenvalue weighted by atomic mass is 19.1. The molecule has 1 spiro atoms. The van der Waals surface area contributed by atoms with E-state index in [1.54, 1.807) is 12.1 Å². The highest BCUT2D eigenvalue weighted by Gasteiger charge is 2.45. The average molecular weight is 297 g/mol. The summed E-state index contributed by atoms with van der Waals surface area (Å²) >= 11 is 0. The van der Waals surface area contributed by atoms with Gasteiger partial charge < -0.3 is 10.1 Å². The summed E-state index contributed by atoms with van der Waals surface area (Å²) in [5, 5.41) is 3.41. The molecule has 1 fully saturated rings. The van der Waals surface area contributed by atoms with Gasteiger partial charge in [0.25, 0.3) is 0 Å². The summed E-state index contributed by atoms with van der Waals surface area (Å²) in [6.07, 6.45) is 2.76. The lowest BCUT2D eigenvalue weighted by atomic mass is 9.84. The SMILES string of the molecule is Fc1cccc(CC2OC3(CCNCC3)c3ccccc32)c1.